The number of anilines is 2. The Morgan fingerprint density at radius 3 is 2.81 bits per heavy atom. The molecule has 2 aromatic heterocycles. The summed E-state index contributed by atoms with van der Waals surface area (Å²) in [7, 11) is 0. The van der Waals surface area contributed by atoms with Crippen LogP contribution in [0.1, 0.15) is 36.8 Å². The fourth-order valence-corrected chi connectivity index (χ4v) is 4.12. The van der Waals surface area contributed by atoms with Crippen LogP contribution in [0.3, 0.4) is 0 Å². The molecule has 3 N–H and O–H groups in total. The van der Waals surface area contributed by atoms with Gasteiger partial charge in [0.1, 0.15) is 35.2 Å². The van der Waals surface area contributed by atoms with Gasteiger partial charge in [-0.15, -0.1) is 0 Å². The molecule has 4 aromatic rings. The molecule has 0 spiro atoms. The van der Waals surface area contributed by atoms with E-state index in [4.69, 9.17) is 22.3 Å². The Kier molecular flexibility index (Phi) is 7.37. The maximum atomic E-state index is 14.4. The van der Waals surface area contributed by atoms with Crippen molar-refractivity contribution in [2.75, 3.05) is 11.1 Å². The minimum atomic E-state index is -0.584. The molecule has 0 aliphatic rings. The second-order valence-corrected chi connectivity index (χ2v) is 8.82. The largest absolute Gasteiger partial charge is 0.382 e. The smallest absolute Gasteiger partial charge is 0.267 e. The summed E-state index contributed by atoms with van der Waals surface area (Å²) >= 11 is 6.37. The maximum absolute atomic E-state index is 14.4. The van der Waals surface area contributed by atoms with Gasteiger partial charge in [0.2, 0.25) is 0 Å². The van der Waals surface area contributed by atoms with Crippen LogP contribution in [0, 0.1) is 24.6 Å². The predicted octanol–water partition coefficient (Wildman–Crippen LogP) is 5.52. The van der Waals surface area contributed by atoms with Crippen molar-refractivity contribution in [1.29, 1.82) is 0 Å². The van der Waals surface area contributed by atoms with E-state index in [2.05, 4.69) is 33.7 Å². The SMILES string of the molecule is C=C/C=C(\C)C#Cc1c(N)ncnc1NC(C)c1nc2cccc(Cl)c2c(=O)n1-c1cc(C)cc(F)c1. The first-order chi connectivity index (χ1) is 17.7. The van der Waals surface area contributed by atoms with Gasteiger partial charge in [-0.05, 0) is 62.2 Å². The van der Waals surface area contributed by atoms with E-state index in [0.717, 1.165) is 5.57 Å². The van der Waals surface area contributed by atoms with Crippen LogP contribution in [0.5, 0.6) is 0 Å². The van der Waals surface area contributed by atoms with E-state index >= 15 is 0 Å². The third-order valence-corrected chi connectivity index (χ3v) is 5.84. The van der Waals surface area contributed by atoms with Gasteiger partial charge in [-0.2, -0.15) is 0 Å². The third-order valence-electron chi connectivity index (χ3n) is 5.53. The molecule has 7 nitrogen and oxygen atoms in total. The Balaban J connectivity index is 1.90. The number of rotatable bonds is 5. The van der Waals surface area contributed by atoms with Gasteiger partial charge < -0.3 is 11.1 Å². The Morgan fingerprint density at radius 1 is 1.30 bits per heavy atom. The number of allylic oxidation sites excluding steroid dienone is 3. The maximum Gasteiger partial charge on any atom is 0.267 e. The van der Waals surface area contributed by atoms with E-state index in [-0.39, 0.29) is 16.2 Å². The zero-order valence-corrected chi connectivity index (χ0v) is 21.3. The number of hydrogen-bond acceptors (Lipinski definition) is 6. The van der Waals surface area contributed by atoms with Crippen LogP contribution in [0.4, 0.5) is 16.0 Å². The van der Waals surface area contributed by atoms with E-state index in [1.165, 1.54) is 23.0 Å². The molecule has 2 aromatic carbocycles. The minimum absolute atomic E-state index is 0.194. The molecule has 186 valence electrons. The highest BCUT2D eigenvalue weighted by Crippen LogP contribution is 2.26. The topological polar surface area (TPSA) is 98.7 Å². The number of hydrogen-bond donors (Lipinski definition) is 2. The van der Waals surface area contributed by atoms with Crippen molar-refractivity contribution in [2.24, 2.45) is 0 Å². The fraction of sp³-hybridized carbons (Fsp3) is 0.143. The standard InChI is InChI=1S/C28H24ClFN6O/c1-5-7-16(2)10-11-21-25(31)32-15-33-26(21)34-18(4)27-35-23-9-6-8-22(29)24(23)28(37)36(27)20-13-17(3)12-19(30)14-20/h5-9,12-15,18H,1H2,2-4H3,(H3,31,32,33,34)/b16-7+. The first-order valence-corrected chi connectivity index (χ1v) is 11.7. The van der Waals surface area contributed by atoms with Gasteiger partial charge in [-0.3, -0.25) is 9.36 Å². The average Bonchev–Trinajstić information content (AvgIpc) is 2.83. The number of aryl methyl sites for hydroxylation is 1. The first kappa shape index (κ1) is 25.6. The molecule has 0 radical (unpaired) electrons. The molecule has 9 heteroatoms. The molecule has 2 heterocycles. The Morgan fingerprint density at radius 2 is 2.08 bits per heavy atom. The normalized spacial score (nSPS) is 12.1. The number of aromatic nitrogens is 4. The summed E-state index contributed by atoms with van der Waals surface area (Å²) in [6.45, 7) is 9.06. The lowest BCUT2D eigenvalue weighted by Crippen LogP contribution is -2.28. The van der Waals surface area contributed by atoms with Crippen molar-refractivity contribution in [1.82, 2.24) is 19.5 Å². The quantitative estimate of drug-likeness (QED) is 0.269. The minimum Gasteiger partial charge on any atom is -0.382 e. The molecule has 0 amide bonds. The van der Waals surface area contributed by atoms with Crippen molar-refractivity contribution in [3.63, 3.8) is 0 Å². The Hall–Kier alpha value is -4.48. The van der Waals surface area contributed by atoms with E-state index in [1.807, 2.05) is 6.92 Å². The summed E-state index contributed by atoms with van der Waals surface area (Å²) in [4.78, 5) is 26.8. The van der Waals surface area contributed by atoms with Crippen molar-refractivity contribution in [3.8, 4) is 17.5 Å². The molecule has 1 unspecified atom stereocenters. The molecular weight excluding hydrogens is 491 g/mol. The van der Waals surface area contributed by atoms with E-state index in [1.54, 1.807) is 50.3 Å². The highest BCUT2D eigenvalue weighted by atomic mass is 35.5. The Labute approximate surface area is 218 Å². The number of nitrogens with zero attached hydrogens (tertiary/aromatic N) is 4. The van der Waals surface area contributed by atoms with Gasteiger partial charge in [0.25, 0.3) is 5.56 Å². The van der Waals surface area contributed by atoms with E-state index in [9.17, 15) is 9.18 Å². The first-order valence-electron chi connectivity index (χ1n) is 11.4. The fourth-order valence-electron chi connectivity index (χ4n) is 3.87. The molecule has 0 bridgehead atoms. The molecule has 0 aliphatic carbocycles. The molecular formula is C28H24ClFN6O. The molecule has 0 saturated carbocycles. The van der Waals surface area contributed by atoms with Gasteiger partial charge in [0.05, 0.1) is 27.7 Å². The van der Waals surface area contributed by atoms with Crippen molar-refractivity contribution in [3.05, 3.63) is 105 Å². The third kappa shape index (κ3) is 5.37. The van der Waals surface area contributed by atoms with Crippen molar-refractivity contribution < 1.29 is 4.39 Å². The van der Waals surface area contributed by atoms with Gasteiger partial charge in [-0.1, -0.05) is 48.2 Å². The van der Waals surface area contributed by atoms with Crippen LogP contribution >= 0.6 is 11.6 Å². The average molecular weight is 515 g/mol. The summed E-state index contributed by atoms with van der Waals surface area (Å²) < 4.78 is 15.7. The predicted molar refractivity (Wildman–Crippen MR) is 146 cm³/mol. The van der Waals surface area contributed by atoms with Gasteiger partial charge in [0, 0.05) is 0 Å². The van der Waals surface area contributed by atoms with Crippen molar-refractivity contribution >= 4 is 34.1 Å². The number of nitrogens with two attached hydrogens (primary N) is 1. The summed E-state index contributed by atoms with van der Waals surface area (Å²) in [6.07, 6.45) is 4.73. The van der Waals surface area contributed by atoms with Gasteiger partial charge >= 0.3 is 0 Å². The summed E-state index contributed by atoms with van der Waals surface area (Å²) in [5.74, 6) is 6.40. The lowest BCUT2D eigenvalue weighted by atomic mass is 10.1. The number of nitrogen functional groups attached to an aromatic ring is 1. The molecule has 0 saturated heterocycles. The zero-order valence-electron chi connectivity index (χ0n) is 20.5. The number of halogens is 2. The van der Waals surface area contributed by atoms with Crippen LogP contribution in [0.2, 0.25) is 5.02 Å². The van der Waals surface area contributed by atoms with Crippen molar-refractivity contribution in [2.45, 2.75) is 26.8 Å². The van der Waals surface area contributed by atoms with Gasteiger partial charge in [-0.25, -0.2) is 19.3 Å². The molecule has 0 fully saturated rings. The lowest BCUT2D eigenvalue weighted by molar-refractivity contribution is 0.623. The van der Waals surface area contributed by atoms with Crippen LogP contribution in [0.25, 0.3) is 16.6 Å². The second-order valence-electron chi connectivity index (χ2n) is 8.42. The molecule has 4 rings (SSSR count). The van der Waals surface area contributed by atoms with Gasteiger partial charge in [0.15, 0.2) is 0 Å². The van der Waals surface area contributed by atoms with Crippen LogP contribution < -0.4 is 16.6 Å². The lowest BCUT2D eigenvalue weighted by Gasteiger charge is -2.21. The highest BCUT2D eigenvalue weighted by Gasteiger charge is 2.21. The molecule has 37 heavy (non-hydrogen) atoms. The number of nitrogens with one attached hydrogen (secondary N) is 1. The summed E-state index contributed by atoms with van der Waals surface area (Å²) in [5.41, 5.74) is 8.25. The number of benzene rings is 2. The summed E-state index contributed by atoms with van der Waals surface area (Å²) in [5, 5.41) is 3.74. The van der Waals surface area contributed by atoms with E-state index in [0.29, 0.717) is 34.0 Å². The number of fused-ring (bicyclic) bond motifs is 1. The molecule has 0 aliphatic heterocycles. The second kappa shape index (κ2) is 10.6. The zero-order chi connectivity index (χ0) is 26.7. The van der Waals surface area contributed by atoms with Crippen LogP contribution in [-0.4, -0.2) is 19.5 Å². The highest BCUT2D eigenvalue weighted by molar-refractivity contribution is 6.35. The summed E-state index contributed by atoms with van der Waals surface area (Å²) in [6, 6.07) is 8.82. The van der Waals surface area contributed by atoms with Crippen LogP contribution in [-0.2, 0) is 0 Å². The van der Waals surface area contributed by atoms with Crippen LogP contribution in [0.15, 0.2) is 71.8 Å². The monoisotopic (exact) mass is 514 g/mol. The van der Waals surface area contributed by atoms with E-state index < -0.39 is 17.4 Å². The Bertz CT molecular complexity index is 1660. The molecule has 1 atom stereocenters.